The molecule has 0 spiro atoms. The number of amides is 1. The third-order valence-electron chi connectivity index (χ3n) is 2.72. The summed E-state index contributed by atoms with van der Waals surface area (Å²) in [4.78, 5) is 11.2. The molecule has 0 radical (unpaired) electrons. The van der Waals surface area contributed by atoms with Crippen LogP contribution in [0, 0.1) is 11.8 Å². The van der Waals surface area contributed by atoms with E-state index >= 15 is 0 Å². The van der Waals surface area contributed by atoms with E-state index in [0.29, 0.717) is 0 Å². The molecular formula is C11H21NO2. The average Bonchev–Trinajstić information content (AvgIpc) is 2.19. The summed E-state index contributed by atoms with van der Waals surface area (Å²) in [5, 5.41) is 2.95. The molecule has 1 heterocycles. The molecule has 3 nitrogen and oxygen atoms in total. The Kier molecular flexibility index (Phi) is 4.94. The lowest BCUT2D eigenvalue weighted by molar-refractivity contribution is -0.124. The van der Waals surface area contributed by atoms with Gasteiger partial charge in [0.2, 0.25) is 5.91 Å². The van der Waals surface area contributed by atoms with Crippen LogP contribution in [0.1, 0.15) is 33.1 Å². The number of carbonyl (C=O) groups excluding carboxylic acids is 1. The lowest BCUT2D eigenvalue weighted by Crippen LogP contribution is -2.30. The first-order valence-electron chi connectivity index (χ1n) is 5.55. The van der Waals surface area contributed by atoms with Crippen LogP contribution in [0.3, 0.4) is 0 Å². The Morgan fingerprint density at radius 1 is 1.43 bits per heavy atom. The molecule has 0 aromatic rings. The van der Waals surface area contributed by atoms with Crippen LogP contribution < -0.4 is 5.32 Å². The normalized spacial score (nSPS) is 18.5. The van der Waals surface area contributed by atoms with Crippen LogP contribution in [0.15, 0.2) is 0 Å². The summed E-state index contributed by atoms with van der Waals surface area (Å²) >= 11 is 0. The Labute approximate surface area is 86.2 Å². The molecule has 3 heteroatoms. The van der Waals surface area contributed by atoms with E-state index in [4.69, 9.17) is 4.74 Å². The summed E-state index contributed by atoms with van der Waals surface area (Å²) in [7, 11) is 0. The van der Waals surface area contributed by atoms with Gasteiger partial charge < -0.3 is 10.1 Å². The molecule has 82 valence electrons. The second-order valence-corrected chi connectivity index (χ2v) is 4.29. The van der Waals surface area contributed by atoms with Crippen LogP contribution in [0.2, 0.25) is 0 Å². The van der Waals surface area contributed by atoms with Gasteiger partial charge in [0.25, 0.3) is 0 Å². The Hall–Kier alpha value is -0.570. The van der Waals surface area contributed by atoms with Crippen molar-refractivity contribution in [2.75, 3.05) is 19.8 Å². The second-order valence-electron chi connectivity index (χ2n) is 4.29. The van der Waals surface area contributed by atoms with Gasteiger partial charge in [-0.1, -0.05) is 13.8 Å². The zero-order valence-electron chi connectivity index (χ0n) is 9.21. The van der Waals surface area contributed by atoms with Crippen molar-refractivity contribution in [3.63, 3.8) is 0 Å². The maximum absolute atomic E-state index is 11.2. The monoisotopic (exact) mass is 199 g/mol. The highest BCUT2D eigenvalue weighted by Gasteiger charge is 2.14. The standard InChI is InChI=1S/C11H21NO2/c1-9(2)11(13)12-6-3-10-4-7-14-8-5-10/h9-10H,3-8H2,1-2H3,(H,12,13). The first kappa shape index (κ1) is 11.5. The van der Waals surface area contributed by atoms with Crippen molar-refractivity contribution >= 4 is 5.91 Å². The predicted octanol–water partition coefficient (Wildman–Crippen LogP) is 1.58. The Balaban J connectivity index is 2.05. The van der Waals surface area contributed by atoms with E-state index in [9.17, 15) is 4.79 Å². The zero-order chi connectivity index (χ0) is 10.4. The quantitative estimate of drug-likeness (QED) is 0.746. The maximum atomic E-state index is 11.2. The van der Waals surface area contributed by atoms with Gasteiger partial charge in [-0.3, -0.25) is 4.79 Å². The predicted molar refractivity (Wildman–Crippen MR) is 56.0 cm³/mol. The number of carbonyl (C=O) groups is 1. The van der Waals surface area contributed by atoms with E-state index in [1.54, 1.807) is 0 Å². The van der Waals surface area contributed by atoms with Crippen molar-refractivity contribution in [2.24, 2.45) is 11.8 Å². The maximum Gasteiger partial charge on any atom is 0.222 e. The van der Waals surface area contributed by atoms with Gasteiger partial charge >= 0.3 is 0 Å². The number of ether oxygens (including phenoxy) is 1. The summed E-state index contributed by atoms with van der Waals surface area (Å²) in [6.07, 6.45) is 3.40. The molecule has 0 atom stereocenters. The van der Waals surface area contributed by atoms with E-state index in [1.807, 2.05) is 13.8 Å². The molecule has 1 N–H and O–H groups in total. The van der Waals surface area contributed by atoms with E-state index in [2.05, 4.69) is 5.32 Å². The SMILES string of the molecule is CC(C)C(=O)NCCC1CCOCC1. The molecule has 0 unspecified atom stereocenters. The Bertz CT molecular complexity index is 174. The molecular weight excluding hydrogens is 178 g/mol. The lowest BCUT2D eigenvalue weighted by Gasteiger charge is -2.22. The number of hydrogen-bond acceptors (Lipinski definition) is 2. The molecule has 0 bridgehead atoms. The van der Waals surface area contributed by atoms with Gasteiger partial charge in [-0.05, 0) is 25.2 Å². The van der Waals surface area contributed by atoms with Gasteiger partial charge in [0.05, 0.1) is 0 Å². The first-order chi connectivity index (χ1) is 6.70. The van der Waals surface area contributed by atoms with Crippen molar-refractivity contribution in [3.05, 3.63) is 0 Å². The van der Waals surface area contributed by atoms with Gasteiger partial charge in [-0.15, -0.1) is 0 Å². The van der Waals surface area contributed by atoms with Crippen molar-refractivity contribution in [1.82, 2.24) is 5.32 Å². The summed E-state index contributed by atoms with van der Waals surface area (Å²) in [6, 6.07) is 0. The van der Waals surface area contributed by atoms with E-state index < -0.39 is 0 Å². The van der Waals surface area contributed by atoms with Crippen LogP contribution in [-0.4, -0.2) is 25.7 Å². The number of nitrogens with one attached hydrogen (secondary N) is 1. The van der Waals surface area contributed by atoms with Gasteiger partial charge in [-0.25, -0.2) is 0 Å². The van der Waals surface area contributed by atoms with E-state index in [-0.39, 0.29) is 11.8 Å². The molecule has 1 aliphatic rings. The minimum absolute atomic E-state index is 0.102. The third kappa shape index (κ3) is 4.09. The van der Waals surface area contributed by atoms with Gasteiger partial charge in [0, 0.05) is 25.7 Å². The zero-order valence-corrected chi connectivity index (χ0v) is 9.21. The number of rotatable bonds is 4. The van der Waals surface area contributed by atoms with E-state index in [1.165, 1.54) is 0 Å². The molecule has 1 amide bonds. The molecule has 0 saturated carbocycles. The van der Waals surface area contributed by atoms with Gasteiger partial charge in [0.15, 0.2) is 0 Å². The third-order valence-corrected chi connectivity index (χ3v) is 2.72. The largest absolute Gasteiger partial charge is 0.381 e. The van der Waals surface area contributed by atoms with Crippen molar-refractivity contribution in [3.8, 4) is 0 Å². The van der Waals surface area contributed by atoms with Crippen molar-refractivity contribution < 1.29 is 9.53 Å². The molecule has 0 aromatic carbocycles. The number of hydrogen-bond donors (Lipinski definition) is 1. The average molecular weight is 199 g/mol. The van der Waals surface area contributed by atoms with Gasteiger partial charge in [0.1, 0.15) is 0 Å². The summed E-state index contributed by atoms with van der Waals surface area (Å²) < 4.78 is 5.28. The smallest absolute Gasteiger partial charge is 0.222 e. The topological polar surface area (TPSA) is 38.3 Å². The molecule has 1 aliphatic heterocycles. The van der Waals surface area contributed by atoms with Gasteiger partial charge in [-0.2, -0.15) is 0 Å². The first-order valence-corrected chi connectivity index (χ1v) is 5.55. The van der Waals surface area contributed by atoms with Crippen molar-refractivity contribution in [1.29, 1.82) is 0 Å². The fourth-order valence-electron chi connectivity index (χ4n) is 1.64. The summed E-state index contributed by atoms with van der Waals surface area (Å²) in [5.41, 5.74) is 0. The molecule has 0 aromatic heterocycles. The summed E-state index contributed by atoms with van der Waals surface area (Å²) in [5.74, 6) is 1.01. The Morgan fingerprint density at radius 3 is 2.64 bits per heavy atom. The van der Waals surface area contributed by atoms with Crippen LogP contribution in [0.5, 0.6) is 0 Å². The fraction of sp³-hybridized carbons (Fsp3) is 0.909. The Morgan fingerprint density at radius 2 is 2.07 bits per heavy atom. The van der Waals surface area contributed by atoms with Crippen LogP contribution in [-0.2, 0) is 9.53 Å². The highest BCUT2D eigenvalue weighted by molar-refractivity contribution is 5.77. The minimum Gasteiger partial charge on any atom is -0.381 e. The van der Waals surface area contributed by atoms with Crippen LogP contribution in [0.4, 0.5) is 0 Å². The summed E-state index contributed by atoms with van der Waals surface area (Å²) in [6.45, 7) is 6.45. The molecule has 1 rings (SSSR count). The fourth-order valence-corrected chi connectivity index (χ4v) is 1.64. The lowest BCUT2D eigenvalue weighted by atomic mass is 9.96. The second kappa shape index (κ2) is 6.02. The van der Waals surface area contributed by atoms with Crippen molar-refractivity contribution in [2.45, 2.75) is 33.1 Å². The highest BCUT2D eigenvalue weighted by atomic mass is 16.5. The minimum atomic E-state index is 0.102. The molecule has 0 aliphatic carbocycles. The molecule has 1 saturated heterocycles. The highest BCUT2D eigenvalue weighted by Crippen LogP contribution is 2.17. The molecule has 14 heavy (non-hydrogen) atoms. The van der Waals surface area contributed by atoms with Crippen LogP contribution >= 0.6 is 0 Å². The van der Waals surface area contributed by atoms with Crippen LogP contribution in [0.25, 0.3) is 0 Å². The molecule has 1 fully saturated rings. The van der Waals surface area contributed by atoms with E-state index in [0.717, 1.165) is 44.9 Å².